The summed E-state index contributed by atoms with van der Waals surface area (Å²) < 4.78 is 31.2. The van der Waals surface area contributed by atoms with Crippen LogP contribution in [0.25, 0.3) is 0 Å². The zero-order chi connectivity index (χ0) is 13.9. The van der Waals surface area contributed by atoms with Crippen molar-refractivity contribution in [2.24, 2.45) is 0 Å². The van der Waals surface area contributed by atoms with Crippen LogP contribution in [0.3, 0.4) is 0 Å². The number of nitrogens with one attached hydrogen (secondary N) is 1. The van der Waals surface area contributed by atoms with E-state index in [4.69, 9.17) is 10.5 Å². The summed E-state index contributed by atoms with van der Waals surface area (Å²) in [6.45, 7) is 5.11. The maximum Gasteiger partial charge on any atom is 0.407 e. The molecule has 1 aromatic rings. The highest BCUT2D eigenvalue weighted by atomic mass is 19.1. The molecule has 18 heavy (non-hydrogen) atoms. The first-order chi connectivity index (χ1) is 8.19. The molecule has 0 aromatic heterocycles. The number of hydrogen-bond acceptors (Lipinski definition) is 3. The fourth-order valence-corrected chi connectivity index (χ4v) is 1.23. The number of nitrogen functional groups attached to an aromatic ring is 1. The number of carbonyl (C=O) groups is 1. The van der Waals surface area contributed by atoms with Crippen molar-refractivity contribution in [3.63, 3.8) is 0 Å². The largest absolute Gasteiger partial charge is 0.444 e. The summed E-state index contributed by atoms with van der Waals surface area (Å²) in [5.41, 5.74) is 4.24. The second-order valence-corrected chi connectivity index (χ2v) is 4.83. The van der Waals surface area contributed by atoms with Crippen molar-refractivity contribution < 1.29 is 18.3 Å². The summed E-state index contributed by atoms with van der Waals surface area (Å²) in [5.74, 6) is -1.70. The first-order valence-electron chi connectivity index (χ1n) is 5.39. The Hall–Kier alpha value is -1.85. The van der Waals surface area contributed by atoms with Crippen molar-refractivity contribution in [2.75, 3.05) is 5.73 Å². The van der Waals surface area contributed by atoms with Gasteiger partial charge in [0.05, 0.1) is 0 Å². The Labute approximate surface area is 104 Å². The maximum absolute atomic E-state index is 13.1. The molecule has 1 amide bonds. The zero-order valence-corrected chi connectivity index (χ0v) is 10.5. The van der Waals surface area contributed by atoms with Gasteiger partial charge in [-0.2, -0.15) is 0 Å². The van der Waals surface area contributed by atoms with Crippen molar-refractivity contribution in [1.82, 2.24) is 5.32 Å². The molecule has 0 radical (unpaired) electrons. The van der Waals surface area contributed by atoms with E-state index in [-0.39, 0.29) is 12.1 Å². The number of nitrogens with two attached hydrogens (primary N) is 1. The number of ether oxygens (including phenoxy) is 1. The fourth-order valence-electron chi connectivity index (χ4n) is 1.23. The number of rotatable bonds is 2. The molecule has 0 saturated carbocycles. The van der Waals surface area contributed by atoms with E-state index in [1.165, 1.54) is 0 Å². The van der Waals surface area contributed by atoms with Gasteiger partial charge in [0, 0.05) is 6.54 Å². The van der Waals surface area contributed by atoms with Gasteiger partial charge in [-0.3, -0.25) is 0 Å². The Morgan fingerprint density at radius 3 is 2.28 bits per heavy atom. The molecule has 0 aliphatic carbocycles. The van der Waals surface area contributed by atoms with E-state index >= 15 is 0 Å². The molecule has 0 heterocycles. The maximum atomic E-state index is 13.1. The van der Waals surface area contributed by atoms with Gasteiger partial charge in [0.1, 0.15) is 22.9 Å². The zero-order valence-electron chi connectivity index (χ0n) is 10.5. The molecular formula is C12H16F2N2O2. The van der Waals surface area contributed by atoms with E-state index in [0.717, 1.165) is 12.1 Å². The predicted molar refractivity (Wildman–Crippen MR) is 63.8 cm³/mol. The van der Waals surface area contributed by atoms with Gasteiger partial charge in [-0.15, -0.1) is 0 Å². The second kappa shape index (κ2) is 5.20. The van der Waals surface area contributed by atoms with E-state index in [2.05, 4.69) is 5.32 Å². The molecule has 4 nitrogen and oxygen atoms in total. The highest BCUT2D eigenvalue weighted by Gasteiger charge is 2.16. The van der Waals surface area contributed by atoms with Crippen LogP contribution in [0.1, 0.15) is 26.3 Å². The lowest BCUT2D eigenvalue weighted by Gasteiger charge is -2.19. The predicted octanol–water partition coefficient (Wildman–Crippen LogP) is 2.57. The molecule has 0 atom stereocenters. The topological polar surface area (TPSA) is 64.3 Å². The van der Waals surface area contributed by atoms with E-state index < -0.39 is 29.0 Å². The molecule has 3 N–H and O–H groups in total. The van der Waals surface area contributed by atoms with Crippen LogP contribution < -0.4 is 11.1 Å². The van der Waals surface area contributed by atoms with E-state index in [9.17, 15) is 13.6 Å². The van der Waals surface area contributed by atoms with Crippen LogP contribution in [0.4, 0.5) is 19.3 Å². The average Bonchev–Trinajstić information content (AvgIpc) is 2.20. The van der Waals surface area contributed by atoms with Crippen LogP contribution >= 0.6 is 0 Å². The third-order valence-electron chi connectivity index (χ3n) is 1.97. The Balaban J connectivity index is 2.62. The third kappa shape index (κ3) is 4.20. The molecule has 0 spiro atoms. The summed E-state index contributed by atoms with van der Waals surface area (Å²) in [4.78, 5) is 11.3. The molecule has 0 saturated heterocycles. The van der Waals surface area contributed by atoms with Crippen molar-refractivity contribution in [2.45, 2.75) is 32.9 Å². The lowest BCUT2D eigenvalue weighted by molar-refractivity contribution is 0.0523. The molecule has 0 aliphatic heterocycles. The van der Waals surface area contributed by atoms with E-state index in [0.29, 0.717) is 0 Å². The van der Waals surface area contributed by atoms with Crippen LogP contribution in [0, 0.1) is 11.6 Å². The second-order valence-electron chi connectivity index (χ2n) is 4.83. The molecule has 0 unspecified atom stereocenters. The average molecular weight is 258 g/mol. The van der Waals surface area contributed by atoms with Gasteiger partial charge < -0.3 is 15.8 Å². The molecular weight excluding hydrogens is 242 g/mol. The number of alkyl carbamates (subject to hydrolysis) is 1. The first kappa shape index (κ1) is 14.2. The van der Waals surface area contributed by atoms with Gasteiger partial charge >= 0.3 is 6.09 Å². The first-order valence-corrected chi connectivity index (χ1v) is 5.39. The third-order valence-corrected chi connectivity index (χ3v) is 1.97. The number of hydrogen-bond donors (Lipinski definition) is 2. The highest BCUT2D eigenvalue weighted by Crippen LogP contribution is 2.17. The Kier molecular flexibility index (Phi) is 4.11. The number of amides is 1. The normalized spacial score (nSPS) is 11.2. The summed E-state index contributed by atoms with van der Waals surface area (Å²) >= 11 is 0. The van der Waals surface area contributed by atoms with Crippen molar-refractivity contribution in [3.8, 4) is 0 Å². The smallest absolute Gasteiger partial charge is 0.407 e. The van der Waals surface area contributed by atoms with Crippen LogP contribution in [0.5, 0.6) is 0 Å². The van der Waals surface area contributed by atoms with Crippen molar-refractivity contribution >= 4 is 11.8 Å². The van der Waals surface area contributed by atoms with Gasteiger partial charge in [-0.1, -0.05) is 0 Å². The van der Waals surface area contributed by atoms with Gasteiger partial charge in [-0.25, -0.2) is 13.6 Å². The SMILES string of the molecule is CC(C)(C)OC(=O)NCc1cc(F)c(N)c(F)c1. The quantitative estimate of drug-likeness (QED) is 0.801. The number of anilines is 1. The minimum absolute atomic E-state index is 0.0387. The van der Waals surface area contributed by atoms with Crippen LogP contribution in [0.2, 0.25) is 0 Å². The molecule has 0 bridgehead atoms. The van der Waals surface area contributed by atoms with Crippen LogP contribution in [0.15, 0.2) is 12.1 Å². The van der Waals surface area contributed by atoms with Gasteiger partial charge in [0.25, 0.3) is 0 Å². The Bertz CT molecular complexity index is 433. The Morgan fingerprint density at radius 2 is 1.83 bits per heavy atom. The number of benzene rings is 1. The molecule has 0 aliphatic rings. The Morgan fingerprint density at radius 1 is 1.33 bits per heavy atom. The molecule has 0 fully saturated rings. The van der Waals surface area contributed by atoms with Crippen LogP contribution in [-0.2, 0) is 11.3 Å². The number of carbonyl (C=O) groups excluding carboxylic acids is 1. The van der Waals surface area contributed by atoms with Gasteiger partial charge in [0.15, 0.2) is 0 Å². The van der Waals surface area contributed by atoms with Gasteiger partial charge in [0.2, 0.25) is 0 Å². The lowest BCUT2D eigenvalue weighted by Crippen LogP contribution is -2.32. The monoisotopic (exact) mass is 258 g/mol. The van der Waals surface area contributed by atoms with Crippen molar-refractivity contribution in [3.05, 3.63) is 29.3 Å². The molecule has 1 rings (SSSR count). The summed E-state index contributed by atoms with van der Waals surface area (Å²) in [7, 11) is 0. The minimum atomic E-state index is -0.851. The van der Waals surface area contributed by atoms with E-state index in [1.807, 2.05) is 0 Å². The van der Waals surface area contributed by atoms with Gasteiger partial charge in [-0.05, 0) is 38.5 Å². The summed E-state index contributed by atoms with van der Waals surface area (Å²) in [6, 6.07) is 2.13. The minimum Gasteiger partial charge on any atom is -0.444 e. The molecule has 6 heteroatoms. The summed E-state index contributed by atoms with van der Waals surface area (Å²) in [5, 5.41) is 2.39. The lowest BCUT2D eigenvalue weighted by atomic mass is 10.2. The molecule has 100 valence electrons. The fraction of sp³-hybridized carbons (Fsp3) is 0.417. The summed E-state index contributed by atoms with van der Waals surface area (Å²) in [6.07, 6.45) is -0.653. The molecule has 1 aromatic carbocycles. The highest BCUT2D eigenvalue weighted by molar-refractivity contribution is 5.67. The van der Waals surface area contributed by atoms with Crippen molar-refractivity contribution in [1.29, 1.82) is 0 Å². The van der Waals surface area contributed by atoms with Crippen LogP contribution in [-0.4, -0.2) is 11.7 Å². The standard InChI is InChI=1S/C12H16F2N2O2/c1-12(2,3)18-11(17)16-6-7-4-8(13)10(15)9(14)5-7/h4-5H,6,15H2,1-3H3,(H,16,17). The van der Waals surface area contributed by atoms with E-state index in [1.54, 1.807) is 20.8 Å². The number of halogens is 2.